The second-order valence-corrected chi connectivity index (χ2v) is 4.36. The van der Waals surface area contributed by atoms with E-state index in [4.69, 9.17) is 0 Å². The van der Waals surface area contributed by atoms with Gasteiger partial charge in [-0.25, -0.2) is 0 Å². The molecular formula is C13H21N3O. The Kier molecular flexibility index (Phi) is 5.66. The fourth-order valence-corrected chi connectivity index (χ4v) is 1.63. The van der Waals surface area contributed by atoms with E-state index in [9.17, 15) is 4.79 Å². The zero-order valence-corrected chi connectivity index (χ0v) is 10.8. The maximum Gasteiger partial charge on any atom is 0.234 e. The van der Waals surface area contributed by atoms with Gasteiger partial charge < -0.3 is 15.5 Å². The smallest absolute Gasteiger partial charge is 0.234 e. The molecule has 1 amide bonds. The highest BCUT2D eigenvalue weighted by atomic mass is 16.1. The normalized spacial score (nSPS) is 10.6. The van der Waals surface area contributed by atoms with Crippen LogP contribution in [0.3, 0.4) is 0 Å². The quantitative estimate of drug-likeness (QED) is 0.758. The van der Waals surface area contributed by atoms with Gasteiger partial charge in [-0.1, -0.05) is 24.3 Å². The van der Waals surface area contributed by atoms with E-state index in [1.54, 1.807) is 7.05 Å². The number of hydrogen-bond acceptors (Lipinski definition) is 3. The summed E-state index contributed by atoms with van der Waals surface area (Å²) in [4.78, 5) is 13.4. The van der Waals surface area contributed by atoms with Crippen molar-refractivity contribution in [2.45, 2.75) is 13.1 Å². The summed E-state index contributed by atoms with van der Waals surface area (Å²) in [5.74, 6) is 0.0190. The Balaban J connectivity index is 2.51. The van der Waals surface area contributed by atoms with Crippen LogP contribution in [0.15, 0.2) is 24.3 Å². The minimum atomic E-state index is 0.0190. The van der Waals surface area contributed by atoms with E-state index in [1.807, 2.05) is 26.2 Å². The van der Waals surface area contributed by atoms with Gasteiger partial charge in [-0.2, -0.15) is 0 Å². The molecular weight excluding hydrogens is 214 g/mol. The molecule has 0 atom stereocenters. The van der Waals surface area contributed by atoms with E-state index in [0.717, 1.165) is 12.1 Å². The van der Waals surface area contributed by atoms with Gasteiger partial charge in [0.2, 0.25) is 5.91 Å². The number of carbonyl (C=O) groups is 1. The molecule has 0 radical (unpaired) electrons. The first kappa shape index (κ1) is 13.7. The van der Waals surface area contributed by atoms with Crippen molar-refractivity contribution in [3.63, 3.8) is 0 Å². The molecule has 0 saturated carbocycles. The van der Waals surface area contributed by atoms with Crippen molar-refractivity contribution in [3.8, 4) is 0 Å². The molecule has 4 heteroatoms. The Morgan fingerprint density at radius 1 is 1.29 bits per heavy atom. The standard InChI is InChI=1S/C13H21N3O/c1-14-9-13(17)15-8-11-5-4-6-12(7-11)10-16(2)3/h4-7,14H,8-10H2,1-3H3,(H,15,17). The molecule has 1 aromatic rings. The molecule has 0 unspecified atom stereocenters. The lowest BCUT2D eigenvalue weighted by atomic mass is 10.1. The SMILES string of the molecule is CNCC(=O)NCc1cccc(CN(C)C)c1. The van der Waals surface area contributed by atoms with Crippen LogP contribution in [-0.2, 0) is 17.9 Å². The van der Waals surface area contributed by atoms with Crippen LogP contribution in [0, 0.1) is 0 Å². The lowest BCUT2D eigenvalue weighted by Gasteiger charge is -2.11. The van der Waals surface area contributed by atoms with Gasteiger partial charge in [0.1, 0.15) is 0 Å². The minimum Gasteiger partial charge on any atom is -0.351 e. The van der Waals surface area contributed by atoms with Crippen molar-refractivity contribution in [3.05, 3.63) is 35.4 Å². The van der Waals surface area contributed by atoms with Gasteiger partial charge in [0.25, 0.3) is 0 Å². The maximum atomic E-state index is 11.3. The zero-order valence-electron chi connectivity index (χ0n) is 10.8. The number of benzene rings is 1. The molecule has 0 aromatic heterocycles. The summed E-state index contributed by atoms with van der Waals surface area (Å²) in [6.45, 7) is 1.86. The summed E-state index contributed by atoms with van der Waals surface area (Å²) in [6.07, 6.45) is 0. The molecule has 0 aliphatic heterocycles. The third-order valence-electron chi connectivity index (χ3n) is 2.32. The van der Waals surface area contributed by atoms with E-state index in [-0.39, 0.29) is 5.91 Å². The van der Waals surface area contributed by atoms with E-state index in [0.29, 0.717) is 13.1 Å². The molecule has 0 aliphatic rings. The number of hydrogen-bond donors (Lipinski definition) is 2. The fourth-order valence-electron chi connectivity index (χ4n) is 1.63. The maximum absolute atomic E-state index is 11.3. The Morgan fingerprint density at radius 3 is 2.65 bits per heavy atom. The predicted molar refractivity (Wildman–Crippen MR) is 69.6 cm³/mol. The number of nitrogens with one attached hydrogen (secondary N) is 2. The summed E-state index contributed by atoms with van der Waals surface area (Å²) in [5, 5.41) is 5.69. The molecule has 0 heterocycles. The third-order valence-corrected chi connectivity index (χ3v) is 2.32. The topological polar surface area (TPSA) is 44.4 Å². The average Bonchev–Trinajstić information content (AvgIpc) is 2.26. The van der Waals surface area contributed by atoms with E-state index in [1.165, 1.54) is 5.56 Å². The average molecular weight is 235 g/mol. The first-order valence-corrected chi connectivity index (χ1v) is 5.75. The molecule has 0 fully saturated rings. The Bertz CT molecular complexity index is 363. The number of amides is 1. The third kappa shape index (κ3) is 5.47. The van der Waals surface area contributed by atoms with Crippen LogP contribution < -0.4 is 10.6 Å². The minimum absolute atomic E-state index is 0.0190. The fraction of sp³-hybridized carbons (Fsp3) is 0.462. The van der Waals surface area contributed by atoms with Gasteiger partial charge >= 0.3 is 0 Å². The van der Waals surface area contributed by atoms with Crippen LogP contribution in [0.1, 0.15) is 11.1 Å². The van der Waals surface area contributed by atoms with Crippen molar-refractivity contribution in [1.29, 1.82) is 0 Å². The highest BCUT2D eigenvalue weighted by molar-refractivity contribution is 5.77. The van der Waals surface area contributed by atoms with Crippen LogP contribution in [0.2, 0.25) is 0 Å². The Morgan fingerprint density at radius 2 is 2.00 bits per heavy atom. The van der Waals surface area contributed by atoms with Gasteiger partial charge in [0.05, 0.1) is 6.54 Å². The monoisotopic (exact) mass is 235 g/mol. The first-order valence-electron chi connectivity index (χ1n) is 5.75. The van der Waals surface area contributed by atoms with Crippen molar-refractivity contribution < 1.29 is 4.79 Å². The number of rotatable bonds is 6. The Hall–Kier alpha value is -1.39. The summed E-state index contributed by atoms with van der Waals surface area (Å²) in [5.41, 5.74) is 2.39. The van der Waals surface area contributed by atoms with Crippen LogP contribution >= 0.6 is 0 Å². The van der Waals surface area contributed by atoms with Gasteiger partial charge in [0, 0.05) is 13.1 Å². The van der Waals surface area contributed by atoms with Crippen LogP contribution in [0.25, 0.3) is 0 Å². The molecule has 0 aliphatic carbocycles. The summed E-state index contributed by atoms with van der Waals surface area (Å²) in [7, 11) is 5.85. The second kappa shape index (κ2) is 7.04. The molecule has 2 N–H and O–H groups in total. The second-order valence-electron chi connectivity index (χ2n) is 4.36. The molecule has 17 heavy (non-hydrogen) atoms. The van der Waals surface area contributed by atoms with Crippen molar-refractivity contribution in [2.75, 3.05) is 27.7 Å². The molecule has 0 bridgehead atoms. The zero-order chi connectivity index (χ0) is 12.7. The molecule has 0 saturated heterocycles. The largest absolute Gasteiger partial charge is 0.351 e. The Labute approximate surface area is 103 Å². The highest BCUT2D eigenvalue weighted by Crippen LogP contribution is 2.06. The summed E-state index contributed by atoms with van der Waals surface area (Å²) in [6, 6.07) is 8.27. The first-order chi connectivity index (χ1) is 8.11. The van der Waals surface area contributed by atoms with E-state index in [2.05, 4.69) is 27.7 Å². The number of carbonyl (C=O) groups excluding carboxylic acids is 1. The molecule has 94 valence electrons. The molecule has 1 rings (SSSR count). The van der Waals surface area contributed by atoms with Crippen molar-refractivity contribution in [1.82, 2.24) is 15.5 Å². The predicted octanol–water partition coefficient (Wildman–Crippen LogP) is 0.584. The van der Waals surface area contributed by atoms with Gasteiger partial charge in [-0.3, -0.25) is 4.79 Å². The van der Waals surface area contributed by atoms with Crippen molar-refractivity contribution >= 4 is 5.91 Å². The summed E-state index contributed by atoms with van der Waals surface area (Å²) >= 11 is 0. The lowest BCUT2D eigenvalue weighted by Crippen LogP contribution is -2.31. The van der Waals surface area contributed by atoms with Gasteiger partial charge in [-0.05, 0) is 32.3 Å². The highest BCUT2D eigenvalue weighted by Gasteiger charge is 2.01. The molecule has 4 nitrogen and oxygen atoms in total. The summed E-state index contributed by atoms with van der Waals surface area (Å²) < 4.78 is 0. The van der Waals surface area contributed by atoms with Crippen LogP contribution in [0.4, 0.5) is 0 Å². The molecule has 0 spiro atoms. The van der Waals surface area contributed by atoms with E-state index >= 15 is 0 Å². The van der Waals surface area contributed by atoms with Crippen LogP contribution in [-0.4, -0.2) is 38.5 Å². The van der Waals surface area contributed by atoms with Crippen molar-refractivity contribution in [2.24, 2.45) is 0 Å². The lowest BCUT2D eigenvalue weighted by molar-refractivity contribution is -0.120. The number of nitrogens with zero attached hydrogens (tertiary/aromatic N) is 1. The number of likely N-dealkylation sites (N-methyl/N-ethyl adjacent to an activating group) is 1. The van der Waals surface area contributed by atoms with E-state index < -0.39 is 0 Å². The van der Waals surface area contributed by atoms with Gasteiger partial charge in [-0.15, -0.1) is 0 Å². The molecule has 1 aromatic carbocycles. The van der Waals surface area contributed by atoms with Crippen LogP contribution in [0.5, 0.6) is 0 Å². The van der Waals surface area contributed by atoms with Gasteiger partial charge in [0.15, 0.2) is 0 Å².